The summed E-state index contributed by atoms with van der Waals surface area (Å²) in [5, 5.41) is 3.55. The van der Waals surface area contributed by atoms with E-state index in [0.29, 0.717) is 24.4 Å². The number of likely N-dealkylation sites (tertiary alicyclic amines) is 1. The normalized spacial score (nSPS) is 19.9. The molecule has 0 saturated carbocycles. The van der Waals surface area contributed by atoms with Crippen molar-refractivity contribution in [3.8, 4) is 0 Å². The second-order valence-corrected chi connectivity index (χ2v) is 7.45. The van der Waals surface area contributed by atoms with Crippen LogP contribution in [0.2, 0.25) is 0 Å². The highest BCUT2D eigenvalue weighted by Gasteiger charge is 2.21. The molecule has 1 aromatic carbocycles. The Balaban J connectivity index is 1.30. The molecule has 0 bridgehead atoms. The van der Waals surface area contributed by atoms with Crippen LogP contribution in [0.5, 0.6) is 0 Å². The van der Waals surface area contributed by atoms with Crippen molar-refractivity contribution < 1.29 is 4.79 Å². The molecule has 1 fully saturated rings. The predicted molar refractivity (Wildman–Crippen MR) is 107 cm³/mol. The number of nitrogens with zero attached hydrogens (tertiary/aromatic N) is 3. The van der Waals surface area contributed by atoms with Crippen LogP contribution in [0.1, 0.15) is 40.9 Å². The molecule has 27 heavy (non-hydrogen) atoms. The van der Waals surface area contributed by atoms with E-state index in [1.54, 1.807) is 18.5 Å². The summed E-state index contributed by atoms with van der Waals surface area (Å²) in [4.78, 5) is 23.4. The van der Waals surface area contributed by atoms with Crippen molar-refractivity contribution in [3.63, 3.8) is 0 Å². The number of Topliss-reactive ketones (excluding diaryl/α,β-unsaturated/α-hetero) is 1. The Morgan fingerprint density at radius 1 is 1.19 bits per heavy atom. The van der Waals surface area contributed by atoms with Crippen LogP contribution in [0.25, 0.3) is 0 Å². The second-order valence-electron chi connectivity index (χ2n) is 7.45. The van der Waals surface area contributed by atoms with E-state index in [1.165, 1.54) is 24.9 Å². The van der Waals surface area contributed by atoms with Crippen LogP contribution in [-0.4, -0.2) is 41.5 Å². The number of hydrogen-bond acceptors (Lipinski definition) is 5. The van der Waals surface area contributed by atoms with Crippen molar-refractivity contribution in [2.75, 3.05) is 19.6 Å². The number of aliphatic imine (C=N–C) groups is 1. The van der Waals surface area contributed by atoms with Gasteiger partial charge in [-0.15, -0.1) is 0 Å². The Morgan fingerprint density at radius 2 is 2.07 bits per heavy atom. The van der Waals surface area contributed by atoms with Crippen molar-refractivity contribution in [3.05, 3.63) is 59.4 Å². The standard InChI is InChI=1S/C22H26N4O/c27-21-9-11-25-22-19(21)8-10-24-20(22)14-23-13-18-7-4-12-26(16-18)15-17-5-2-1-3-6-17/h1-3,5-6,8,10-11,18,23H,4,7,9,12-16H2. The maximum atomic E-state index is 12.0. The molecule has 2 aliphatic rings. The zero-order valence-electron chi connectivity index (χ0n) is 15.6. The van der Waals surface area contributed by atoms with Crippen molar-refractivity contribution in [1.82, 2.24) is 15.2 Å². The van der Waals surface area contributed by atoms with E-state index in [0.717, 1.165) is 31.0 Å². The first-order valence-corrected chi connectivity index (χ1v) is 9.80. The number of ketones is 1. The third kappa shape index (κ3) is 4.49. The molecule has 1 saturated heterocycles. The van der Waals surface area contributed by atoms with Gasteiger partial charge in [-0.25, -0.2) is 0 Å². The lowest BCUT2D eigenvalue weighted by Crippen LogP contribution is -2.39. The number of nitrogens with one attached hydrogen (secondary N) is 1. The molecule has 2 aliphatic heterocycles. The lowest BCUT2D eigenvalue weighted by Gasteiger charge is -2.33. The number of benzene rings is 1. The van der Waals surface area contributed by atoms with Gasteiger partial charge in [0.05, 0.1) is 11.4 Å². The molecule has 140 valence electrons. The molecule has 2 aromatic rings. The summed E-state index contributed by atoms with van der Waals surface area (Å²) < 4.78 is 0. The maximum absolute atomic E-state index is 12.0. The second kappa shape index (κ2) is 8.55. The molecular formula is C22H26N4O. The third-order valence-electron chi connectivity index (χ3n) is 5.38. The Kier molecular flexibility index (Phi) is 5.70. The lowest BCUT2D eigenvalue weighted by molar-refractivity contribution is 0.100. The molecule has 4 rings (SSSR count). The van der Waals surface area contributed by atoms with E-state index in [9.17, 15) is 4.79 Å². The molecular weight excluding hydrogens is 336 g/mol. The van der Waals surface area contributed by atoms with Gasteiger partial charge in [0.25, 0.3) is 0 Å². The molecule has 1 unspecified atom stereocenters. The van der Waals surface area contributed by atoms with Gasteiger partial charge in [-0.1, -0.05) is 30.3 Å². The minimum Gasteiger partial charge on any atom is -0.311 e. The highest BCUT2D eigenvalue weighted by atomic mass is 16.1. The number of hydrogen-bond donors (Lipinski definition) is 1. The molecule has 0 radical (unpaired) electrons. The summed E-state index contributed by atoms with van der Waals surface area (Å²) in [7, 11) is 0. The number of carbonyl (C=O) groups excluding carboxylic acids is 1. The first-order chi connectivity index (χ1) is 13.3. The molecule has 0 spiro atoms. The van der Waals surface area contributed by atoms with Crippen molar-refractivity contribution in [2.24, 2.45) is 10.9 Å². The Labute approximate surface area is 160 Å². The summed E-state index contributed by atoms with van der Waals surface area (Å²) in [5.41, 5.74) is 3.70. The van der Waals surface area contributed by atoms with Gasteiger partial charge in [0, 0.05) is 44.0 Å². The van der Waals surface area contributed by atoms with Crippen LogP contribution in [0.3, 0.4) is 0 Å². The number of rotatable bonds is 6. The van der Waals surface area contributed by atoms with E-state index in [2.05, 4.69) is 50.5 Å². The quantitative estimate of drug-likeness (QED) is 0.856. The number of aromatic nitrogens is 1. The van der Waals surface area contributed by atoms with Gasteiger partial charge in [0.2, 0.25) is 0 Å². The summed E-state index contributed by atoms with van der Waals surface area (Å²) in [6, 6.07) is 12.5. The molecule has 1 N–H and O–H groups in total. The first-order valence-electron chi connectivity index (χ1n) is 9.80. The molecule has 5 nitrogen and oxygen atoms in total. The molecule has 1 atom stereocenters. The monoisotopic (exact) mass is 362 g/mol. The first kappa shape index (κ1) is 18.0. The number of fused-ring (bicyclic) bond motifs is 1. The van der Waals surface area contributed by atoms with E-state index < -0.39 is 0 Å². The van der Waals surface area contributed by atoms with Gasteiger partial charge in [0.15, 0.2) is 5.78 Å². The van der Waals surface area contributed by atoms with E-state index >= 15 is 0 Å². The van der Waals surface area contributed by atoms with Gasteiger partial charge in [-0.3, -0.25) is 19.7 Å². The van der Waals surface area contributed by atoms with Crippen LogP contribution in [0.15, 0.2) is 47.6 Å². The fraction of sp³-hybridized carbons (Fsp3) is 0.409. The van der Waals surface area contributed by atoms with Gasteiger partial charge in [-0.2, -0.15) is 0 Å². The summed E-state index contributed by atoms with van der Waals surface area (Å²) in [6.45, 7) is 4.95. The van der Waals surface area contributed by atoms with Crippen LogP contribution >= 0.6 is 0 Å². The van der Waals surface area contributed by atoms with E-state index in [-0.39, 0.29) is 5.78 Å². The van der Waals surface area contributed by atoms with Gasteiger partial charge >= 0.3 is 0 Å². The fourth-order valence-electron chi connectivity index (χ4n) is 4.02. The van der Waals surface area contributed by atoms with Crippen molar-refractivity contribution >= 4 is 17.7 Å². The summed E-state index contributed by atoms with van der Waals surface area (Å²) in [6.07, 6.45) is 6.31. The molecule has 1 aromatic heterocycles. The Hall–Kier alpha value is -2.37. The van der Waals surface area contributed by atoms with Crippen molar-refractivity contribution in [1.29, 1.82) is 0 Å². The van der Waals surface area contributed by atoms with Crippen LogP contribution in [-0.2, 0) is 13.1 Å². The fourth-order valence-corrected chi connectivity index (χ4v) is 4.02. The predicted octanol–water partition coefficient (Wildman–Crippen LogP) is 3.37. The maximum Gasteiger partial charge on any atom is 0.170 e. The molecule has 5 heteroatoms. The Bertz CT molecular complexity index is 818. The van der Waals surface area contributed by atoms with Crippen LogP contribution in [0, 0.1) is 5.92 Å². The van der Waals surface area contributed by atoms with Gasteiger partial charge < -0.3 is 5.32 Å². The zero-order valence-corrected chi connectivity index (χ0v) is 15.6. The highest BCUT2D eigenvalue weighted by Crippen LogP contribution is 2.26. The number of carbonyl (C=O) groups is 1. The topological polar surface area (TPSA) is 57.6 Å². The molecule has 0 aliphatic carbocycles. The minimum atomic E-state index is 0.132. The summed E-state index contributed by atoms with van der Waals surface area (Å²) in [5.74, 6) is 0.777. The SMILES string of the molecule is O=C1CC=Nc2c1ccnc2CNCC1CCCN(Cc2ccccc2)C1. The van der Waals surface area contributed by atoms with E-state index in [1.807, 2.05) is 0 Å². The van der Waals surface area contributed by atoms with Crippen LogP contribution in [0.4, 0.5) is 5.69 Å². The zero-order chi connectivity index (χ0) is 18.5. The van der Waals surface area contributed by atoms with Crippen LogP contribution < -0.4 is 5.32 Å². The van der Waals surface area contributed by atoms with Crippen molar-refractivity contribution in [2.45, 2.75) is 32.4 Å². The minimum absolute atomic E-state index is 0.132. The molecule has 3 heterocycles. The lowest BCUT2D eigenvalue weighted by atomic mass is 9.97. The van der Waals surface area contributed by atoms with E-state index in [4.69, 9.17) is 0 Å². The van der Waals surface area contributed by atoms with Gasteiger partial charge in [-0.05, 0) is 43.5 Å². The molecule has 0 amide bonds. The number of piperidine rings is 1. The largest absolute Gasteiger partial charge is 0.311 e. The highest BCUT2D eigenvalue weighted by molar-refractivity contribution is 6.10. The smallest absolute Gasteiger partial charge is 0.170 e. The third-order valence-corrected chi connectivity index (χ3v) is 5.38. The van der Waals surface area contributed by atoms with Gasteiger partial charge in [0.1, 0.15) is 0 Å². The number of pyridine rings is 1. The average molecular weight is 362 g/mol. The Morgan fingerprint density at radius 3 is 2.96 bits per heavy atom. The average Bonchev–Trinajstić information content (AvgIpc) is 2.70. The summed E-state index contributed by atoms with van der Waals surface area (Å²) >= 11 is 0.